The van der Waals surface area contributed by atoms with E-state index in [1.54, 1.807) is 70.3 Å². The van der Waals surface area contributed by atoms with Crippen molar-refractivity contribution in [2.75, 3.05) is 4.90 Å². The molecule has 8 rings (SSSR count). The summed E-state index contributed by atoms with van der Waals surface area (Å²) in [7, 11) is 0. The average Bonchev–Trinajstić information content (AvgIpc) is 3.82. The summed E-state index contributed by atoms with van der Waals surface area (Å²) in [5.41, 5.74) is 6.77. The SMILES string of the molecule is Fc1ccc(-c2nc3ccc(N(Cc4cn(-c5ccc(F)cc5)nn4)Cc4cn(-c5ccc(F)cc5)nn4)cc3nc2-c2ccc(F)cc2)cc1. The van der Waals surface area contributed by atoms with E-state index in [9.17, 15) is 17.6 Å². The molecule has 13 heteroatoms. The second-order valence-corrected chi connectivity index (χ2v) is 11.7. The summed E-state index contributed by atoms with van der Waals surface area (Å²) in [6, 6.07) is 29.4. The third kappa shape index (κ3) is 6.77. The van der Waals surface area contributed by atoms with Crippen LogP contribution in [0.3, 0.4) is 0 Å². The number of rotatable bonds is 9. The summed E-state index contributed by atoms with van der Waals surface area (Å²) in [4.78, 5) is 11.9. The molecule has 9 nitrogen and oxygen atoms in total. The van der Waals surface area contributed by atoms with Crippen molar-refractivity contribution in [3.63, 3.8) is 0 Å². The van der Waals surface area contributed by atoms with E-state index >= 15 is 0 Å². The Balaban J connectivity index is 1.19. The van der Waals surface area contributed by atoms with Gasteiger partial charge in [0.15, 0.2) is 0 Å². The Morgan fingerprint density at radius 2 is 0.882 bits per heavy atom. The lowest BCUT2D eigenvalue weighted by Gasteiger charge is -2.23. The number of hydrogen-bond donors (Lipinski definition) is 0. The van der Waals surface area contributed by atoms with Crippen LogP contribution in [-0.2, 0) is 13.1 Å². The molecule has 3 heterocycles. The molecule has 0 saturated carbocycles. The first-order valence-corrected chi connectivity index (χ1v) is 15.8. The van der Waals surface area contributed by atoms with E-state index in [1.807, 2.05) is 23.1 Å². The summed E-state index contributed by atoms with van der Waals surface area (Å²) in [6.45, 7) is 0.587. The van der Waals surface area contributed by atoms with Crippen LogP contribution >= 0.6 is 0 Å². The molecule has 0 fully saturated rings. The minimum Gasteiger partial charge on any atom is -0.359 e. The van der Waals surface area contributed by atoms with Crippen LogP contribution in [0.2, 0.25) is 0 Å². The summed E-state index contributed by atoms with van der Waals surface area (Å²) < 4.78 is 58.0. The van der Waals surface area contributed by atoms with Gasteiger partial charge in [0.25, 0.3) is 0 Å². The first-order chi connectivity index (χ1) is 24.8. The van der Waals surface area contributed by atoms with Gasteiger partial charge in [-0.25, -0.2) is 36.9 Å². The van der Waals surface area contributed by atoms with Crippen molar-refractivity contribution < 1.29 is 17.6 Å². The Bertz CT molecular complexity index is 2380. The van der Waals surface area contributed by atoms with Crippen LogP contribution in [0.25, 0.3) is 44.9 Å². The highest BCUT2D eigenvalue weighted by Gasteiger charge is 2.18. The first kappa shape index (κ1) is 31.5. The molecule has 5 aromatic carbocycles. The number of benzene rings is 5. The summed E-state index contributed by atoms with van der Waals surface area (Å²) >= 11 is 0. The fourth-order valence-corrected chi connectivity index (χ4v) is 5.67. The zero-order chi connectivity index (χ0) is 34.9. The molecule has 0 aliphatic heterocycles. The van der Waals surface area contributed by atoms with Crippen molar-refractivity contribution in [2.45, 2.75) is 13.1 Å². The van der Waals surface area contributed by atoms with E-state index in [4.69, 9.17) is 9.97 Å². The van der Waals surface area contributed by atoms with Crippen LogP contribution in [0.4, 0.5) is 23.2 Å². The molecule has 0 spiro atoms. The average molecular weight is 684 g/mol. The van der Waals surface area contributed by atoms with E-state index in [-0.39, 0.29) is 23.3 Å². The lowest BCUT2D eigenvalue weighted by Crippen LogP contribution is -2.22. The number of fused-ring (bicyclic) bond motifs is 1. The van der Waals surface area contributed by atoms with Gasteiger partial charge in [0.1, 0.15) is 34.7 Å². The molecular formula is C38H25F4N9. The van der Waals surface area contributed by atoms with Crippen LogP contribution in [-0.4, -0.2) is 40.0 Å². The topological polar surface area (TPSA) is 90.4 Å². The maximum Gasteiger partial charge on any atom is 0.123 e. The van der Waals surface area contributed by atoms with Gasteiger partial charge in [-0.15, -0.1) is 10.2 Å². The fraction of sp³-hybridized carbons (Fsp3) is 0.0526. The van der Waals surface area contributed by atoms with Gasteiger partial charge in [0, 0.05) is 16.8 Å². The number of nitrogens with zero attached hydrogens (tertiary/aromatic N) is 9. The smallest absolute Gasteiger partial charge is 0.123 e. The molecule has 0 amide bonds. The molecule has 0 unspecified atom stereocenters. The van der Waals surface area contributed by atoms with Gasteiger partial charge in [-0.1, -0.05) is 10.4 Å². The number of hydrogen-bond acceptors (Lipinski definition) is 7. The lowest BCUT2D eigenvalue weighted by molar-refractivity contribution is 0.626. The Hall–Kier alpha value is -6.76. The summed E-state index contributed by atoms with van der Waals surface area (Å²) in [5.74, 6) is -1.48. The van der Waals surface area contributed by atoms with E-state index in [2.05, 4.69) is 20.6 Å². The first-order valence-electron chi connectivity index (χ1n) is 15.8. The van der Waals surface area contributed by atoms with Gasteiger partial charge in [0.05, 0.1) is 59.3 Å². The van der Waals surface area contributed by atoms with Gasteiger partial charge >= 0.3 is 0 Å². The van der Waals surface area contributed by atoms with E-state index in [1.165, 1.54) is 48.5 Å². The zero-order valence-electron chi connectivity index (χ0n) is 26.6. The quantitative estimate of drug-likeness (QED) is 0.143. The molecule has 3 aromatic heterocycles. The normalized spacial score (nSPS) is 11.3. The van der Waals surface area contributed by atoms with Crippen molar-refractivity contribution in [2.24, 2.45) is 0 Å². The van der Waals surface area contributed by atoms with E-state index in [0.717, 1.165) is 5.69 Å². The summed E-state index contributed by atoms with van der Waals surface area (Å²) in [6.07, 6.45) is 3.52. The van der Waals surface area contributed by atoms with Crippen molar-refractivity contribution in [1.29, 1.82) is 0 Å². The minimum atomic E-state index is -0.388. The molecule has 250 valence electrons. The number of aromatic nitrogens is 8. The highest BCUT2D eigenvalue weighted by Crippen LogP contribution is 2.33. The second kappa shape index (κ2) is 13.3. The molecule has 0 aliphatic carbocycles. The Morgan fingerprint density at radius 3 is 1.33 bits per heavy atom. The monoisotopic (exact) mass is 683 g/mol. The second-order valence-electron chi connectivity index (χ2n) is 11.7. The van der Waals surface area contributed by atoms with Crippen molar-refractivity contribution in [3.05, 3.63) is 162 Å². The predicted octanol–water partition coefficient (Wildman–Crippen LogP) is 7.89. The molecule has 0 saturated heterocycles. The molecule has 0 radical (unpaired) electrons. The van der Waals surface area contributed by atoms with Crippen LogP contribution in [0, 0.1) is 23.3 Å². The Kier molecular flexibility index (Phi) is 8.20. The molecule has 51 heavy (non-hydrogen) atoms. The zero-order valence-corrected chi connectivity index (χ0v) is 26.6. The Morgan fingerprint density at radius 1 is 0.471 bits per heavy atom. The molecule has 0 aliphatic rings. The molecular weight excluding hydrogens is 658 g/mol. The summed E-state index contributed by atoms with van der Waals surface area (Å²) in [5, 5.41) is 17.2. The van der Waals surface area contributed by atoms with E-state index in [0.29, 0.717) is 69.4 Å². The highest BCUT2D eigenvalue weighted by atomic mass is 19.1. The fourth-order valence-electron chi connectivity index (χ4n) is 5.67. The van der Waals surface area contributed by atoms with Crippen molar-refractivity contribution in [3.8, 4) is 33.9 Å². The van der Waals surface area contributed by atoms with Gasteiger partial charge in [-0.3, -0.25) is 0 Å². The number of anilines is 1. The van der Waals surface area contributed by atoms with E-state index < -0.39 is 0 Å². The largest absolute Gasteiger partial charge is 0.359 e. The van der Waals surface area contributed by atoms with Gasteiger partial charge in [0.2, 0.25) is 0 Å². The van der Waals surface area contributed by atoms with Crippen LogP contribution in [0.15, 0.2) is 128 Å². The third-order valence-electron chi connectivity index (χ3n) is 8.22. The van der Waals surface area contributed by atoms with Crippen LogP contribution < -0.4 is 4.90 Å². The minimum absolute atomic E-state index is 0.294. The van der Waals surface area contributed by atoms with Gasteiger partial charge in [-0.05, 0) is 115 Å². The maximum absolute atomic E-state index is 13.9. The van der Waals surface area contributed by atoms with Crippen LogP contribution in [0.5, 0.6) is 0 Å². The molecule has 0 bridgehead atoms. The highest BCUT2D eigenvalue weighted by molar-refractivity contribution is 5.88. The predicted molar refractivity (Wildman–Crippen MR) is 183 cm³/mol. The van der Waals surface area contributed by atoms with Crippen LogP contribution in [0.1, 0.15) is 11.4 Å². The standard InChI is InChI=1S/C38H25F4N9/c39-26-5-1-24(2-6-26)37-38(25-3-7-27(40)8-4-25)44-36-19-34(17-18-35(36)43-37)49(20-30-22-50(47-45-30)32-13-9-28(41)10-14-32)21-31-23-51(48-46-31)33-15-11-29(42)12-16-33/h1-19,22-23H,20-21H2. The van der Waals surface area contributed by atoms with Gasteiger partial charge < -0.3 is 4.90 Å². The Labute approximate surface area is 288 Å². The molecule has 0 N–H and O–H groups in total. The lowest BCUT2D eigenvalue weighted by atomic mass is 10.0. The van der Waals surface area contributed by atoms with Crippen molar-refractivity contribution in [1.82, 2.24) is 40.0 Å². The molecule has 0 atom stereocenters. The number of halogens is 4. The van der Waals surface area contributed by atoms with Crippen molar-refractivity contribution >= 4 is 16.7 Å². The van der Waals surface area contributed by atoms with Gasteiger partial charge in [-0.2, -0.15) is 0 Å². The third-order valence-corrected chi connectivity index (χ3v) is 8.22. The molecule has 8 aromatic rings. The maximum atomic E-state index is 13.9.